The van der Waals surface area contributed by atoms with Crippen LogP contribution < -0.4 is 15.0 Å². The largest absolute Gasteiger partial charge is 0.496 e. The van der Waals surface area contributed by atoms with Crippen molar-refractivity contribution < 1.29 is 23.8 Å². The molecule has 7 nitrogen and oxygen atoms in total. The van der Waals surface area contributed by atoms with Crippen molar-refractivity contribution in [2.45, 2.75) is 38.6 Å². The summed E-state index contributed by atoms with van der Waals surface area (Å²) in [5.41, 5.74) is 3.87. The monoisotopic (exact) mass is 540 g/mol. The van der Waals surface area contributed by atoms with E-state index in [0.29, 0.717) is 15.8 Å². The minimum Gasteiger partial charge on any atom is -0.496 e. The normalized spacial score (nSPS) is 14.4. The standard InChI is InChI=1S/C27H29BrN2O5/c1-17-8-6-9-21(30-11-4-3-5-12-30)25(17)26(22-10-7-13-35-22)29-24(31)15-18-14-23(34-2)19(27(32)33)16-20(18)28/h6-10,13-14,16,26H,3-5,11-12,15H2,1-2H3,(H,29,31)(H,32,33). The van der Waals surface area contributed by atoms with Crippen molar-refractivity contribution in [2.75, 3.05) is 25.1 Å². The lowest BCUT2D eigenvalue weighted by atomic mass is 9.95. The number of anilines is 1. The van der Waals surface area contributed by atoms with Gasteiger partial charge in [0.15, 0.2) is 0 Å². The lowest BCUT2D eigenvalue weighted by Gasteiger charge is -2.33. The van der Waals surface area contributed by atoms with E-state index in [-0.39, 0.29) is 23.6 Å². The van der Waals surface area contributed by atoms with E-state index in [1.165, 1.54) is 19.6 Å². The van der Waals surface area contributed by atoms with Crippen LogP contribution >= 0.6 is 15.9 Å². The first-order valence-electron chi connectivity index (χ1n) is 11.7. The highest BCUT2D eigenvalue weighted by Gasteiger charge is 2.27. The van der Waals surface area contributed by atoms with Crippen LogP contribution in [0, 0.1) is 6.92 Å². The Morgan fingerprint density at radius 1 is 1.17 bits per heavy atom. The molecule has 0 saturated carbocycles. The fourth-order valence-corrected chi connectivity index (χ4v) is 5.13. The van der Waals surface area contributed by atoms with E-state index in [0.717, 1.165) is 42.7 Å². The van der Waals surface area contributed by atoms with Crippen molar-refractivity contribution in [3.8, 4) is 5.75 Å². The molecule has 3 aromatic rings. The zero-order chi connectivity index (χ0) is 24.9. The van der Waals surface area contributed by atoms with Gasteiger partial charge in [-0.1, -0.05) is 28.1 Å². The van der Waals surface area contributed by atoms with E-state index in [9.17, 15) is 14.7 Å². The molecule has 1 aromatic heterocycles. The number of nitrogens with one attached hydrogen (secondary N) is 1. The van der Waals surface area contributed by atoms with Crippen molar-refractivity contribution in [3.05, 3.63) is 81.2 Å². The van der Waals surface area contributed by atoms with E-state index in [1.54, 1.807) is 12.3 Å². The van der Waals surface area contributed by atoms with E-state index < -0.39 is 12.0 Å². The number of carboxylic acid groups (broad SMARTS) is 1. The summed E-state index contributed by atoms with van der Waals surface area (Å²) in [6.45, 7) is 4.02. The average molecular weight is 541 g/mol. The maximum Gasteiger partial charge on any atom is 0.339 e. The number of rotatable bonds is 8. The SMILES string of the molecule is COc1cc(CC(=O)NC(c2ccco2)c2c(C)cccc2N2CCCCC2)c(Br)cc1C(=O)O. The van der Waals surface area contributed by atoms with Crippen LogP contribution in [0.25, 0.3) is 0 Å². The van der Waals surface area contributed by atoms with Gasteiger partial charge in [0, 0.05) is 28.8 Å². The Morgan fingerprint density at radius 2 is 1.94 bits per heavy atom. The van der Waals surface area contributed by atoms with Crippen LogP contribution in [0.3, 0.4) is 0 Å². The number of aryl methyl sites for hydroxylation is 1. The molecule has 1 unspecified atom stereocenters. The summed E-state index contributed by atoms with van der Waals surface area (Å²) in [6, 6.07) is 12.5. The number of hydrogen-bond acceptors (Lipinski definition) is 5. The summed E-state index contributed by atoms with van der Waals surface area (Å²) in [5.74, 6) is -0.451. The Hall–Kier alpha value is -3.26. The van der Waals surface area contributed by atoms with Gasteiger partial charge in [0.25, 0.3) is 0 Å². The molecule has 2 heterocycles. The number of carboxylic acids is 1. The third-order valence-electron chi connectivity index (χ3n) is 6.37. The summed E-state index contributed by atoms with van der Waals surface area (Å²) in [6.07, 6.45) is 5.17. The number of aromatic carboxylic acids is 1. The number of carbonyl (C=O) groups excluding carboxylic acids is 1. The topological polar surface area (TPSA) is 92.0 Å². The molecule has 0 aliphatic carbocycles. The van der Waals surface area contributed by atoms with Crippen LogP contribution in [0.4, 0.5) is 5.69 Å². The molecule has 1 saturated heterocycles. The zero-order valence-corrected chi connectivity index (χ0v) is 21.4. The summed E-state index contributed by atoms with van der Waals surface area (Å²) in [5, 5.41) is 12.6. The smallest absolute Gasteiger partial charge is 0.339 e. The van der Waals surface area contributed by atoms with Crippen LogP contribution in [0.5, 0.6) is 5.75 Å². The van der Waals surface area contributed by atoms with Gasteiger partial charge in [0.1, 0.15) is 23.1 Å². The molecule has 35 heavy (non-hydrogen) atoms. The molecule has 4 rings (SSSR count). The van der Waals surface area contributed by atoms with Gasteiger partial charge in [-0.05, 0) is 67.6 Å². The molecule has 0 spiro atoms. The first-order valence-corrected chi connectivity index (χ1v) is 12.4. The first-order chi connectivity index (χ1) is 16.9. The summed E-state index contributed by atoms with van der Waals surface area (Å²) < 4.78 is 11.5. The number of furan rings is 1. The summed E-state index contributed by atoms with van der Waals surface area (Å²) in [4.78, 5) is 27.2. The molecule has 1 fully saturated rings. The van der Waals surface area contributed by atoms with Gasteiger partial charge in [-0.15, -0.1) is 0 Å². The molecule has 2 aromatic carbocycles. The molecule has 1 atom stereocenters. The number of methoxy groups -OCH3 is 1. The lowest BCUT2D eigenvalue weighted by molar-refractivity contribution is -0.121. The van der Waals surface area contributed by atoms with Gasteiger partial charge in [-0.3, -0.25) is 4.79 Å². The van der Waals surface area contributed by atoms with E-state index >= 15 is 0 Å². The van der Waals surface area contributed by atoms with Crippen LogP contribution in [0.1, 0.15) is 58.1 Å². The second-order valence-electron chi connectivity index (χ2n) is 8.70. The van der Waals surface area contributed by atoms with Crippen molar-refractivity contribution in [3.63, 3.8) is 0 Å². The quantitative estimate of drug-likeness (QED) is 0.392. The average Bonchev–Trinajstić information content (AvgIpc) is 3.39. The Bertz CT molecular complexity index is 1200. The highest BCUT2D eigenvalue weighted by molar-refractivity contribution is 9.10. The Balaban J connectivity index is 1.66. The van der Waals surface area contributed by atoms with Gasteiger partial charge in [-0.25, -0.2) is 4.79 Å². The van der Waals surface area contributed by atoms with Crippen molar-refractivity contribution in [1.29, 1.82) is 0 Å². The molecule has 1 amide bonds. The van der Waals surface area contributed by atoms with Gasteiger partial charge in [-0.2, -0.15) is 0 Å². The van der Waals surface area contributed by atoms with Crippen LogP contribution in [0.15, 0.2) is 57.6 Å². The number of carbonyl (C=O) groups is 2. The minimum atomic E-state index is -1.10. The third-order valence-corrected chi connectivity index (χ3v) is 7.11. The van der Waals surface area contributed by atoms with E-state index in [1.807, 2.05) is 12.1 Å². The fourth-order valence-electron chi connectivity index (χ4n) is 4.64. The third kappa shape index (κ3) is 5.53. The Kier molecular flexibility index (Phi) is 7.80. The molecule has 1 aliphatic rings. The van der Waals surface area contributed by atoms with Crippen molar-refractivity contribution >= 4 is 33.5 Å². The number of benzene rings is 2. The predicted molar refractivity (Wildman–Crippen MR) is 137 cm³/mol. The van der Waals surface area contributed by atoms with Gasteiger partial charge in [0.2, 0.25) is 5.91 Å². The zero-order valence-electron chi connectivity index (χ0n) is 19.8. The van der Waals surface area contributed by atoms with E-state index in [4.69, 9.17) is 9.15 Å². The fraction of sp³-hybridized carbons (Fsp3) is 0.333. The number of halogens is 1. The first kappa shape index (κ1) is 24.9. The number of ether oxygens (including phenoxy) is 1. The van der Waals surface area contributed by atoms with E-state index in [2.05, 4.69) is 51.3 Å². The maximum atomic E-state index is 13.3. The van der Waals surface area contributed by atoms with Crippen LogP contribution in [-0.2, 0) is 11.2 Å². The Morgan fingerprint density at radius 3 is 2.60 bits per heavy atom. The highest BCUT2D eigenvalue weighted by atomic mass is 79.9. The number of nitrogens with zero attached hydrogens (tertiary/aromatic N) is 1. The molecular formula is C27H29BrN2O5. The highest BCUT2D eigenvalue weighted by Crippen LogP contribution is 2.35. The molecular weight excluding hydrogens is 512 g/mol. The maximum absolute atomic E-state index is 13.3. The molecule has 1 aliphatic heterocycles. The summed E-state index contributed by atoms with van der Waals surface area (Å²) >= 11 is 3.41. The molecule has 2 N–H and O–H groups in total. The second-order valence-corrected chi connectivity index (χ2v) is 9.55. The number of amides is 1. The van der Waals surface area contributed by atoms with Gasteiger partial charge in [0.05, 0.1) is 19.8 Å². The minimum absolute atomic E-state index is 0.0306. The number of piperidine rings is 1. The molecule has 184 valence electrons. The van der Waals surface area contributed by atoms with Crippen molar-refractivity contribution in [2.24, 2.45) is 0 Å². The summed E-state index contributed by atoms with van der Waals surface area (Å²) in [7, 11) is 1.41. The predicted octanol–water partition coefficient (Wildman–Crippen LogP) is 5.50. The van der Waals surface area contributed by atoms with Gasteiger partial charge >= 0.3 is 5.97 Å². The van der Waals surface area contributed by atoms with Crippen molar-refractivity contribution in [1.82, 2.24) is 5.32 Å². The van der Waals surface area contributed by atoms with Crippen LogP contribution in [-0.4, -0.2) is 37.2 Å². The second kappa shape index (κ2) is 11.0. The molecule has 8 heteroatoms. The van der Waals surface area contributed by atoms with Crippen LogP contribution in [0.2, 0.25) is 0 Å². The number of hydrogen-bond donors (Lipinski definition) is 2. The molecule has 0 bridgehead atoms. The Labute approximate surface area is 213 Å². The lowest BCUT2D eigenvalue weighted by Crippen LogP contribution is -2.35. The van der Waals surface area contributed by atoms with Gasteiger partial charge < -0.3 is 24.5 Å². The molecule has 0 radical (unpaired) electrons.